The summed E-state index contributed by atoms with van der Waals surface area (Å²) in [5.41, 5.74) is 3.29. The summed E-state index contributed by atoms with van der Waals surface area (Å²) in [6, 6.07) is 6.27. The number of hydrogen-bond acceptors (Lipinski definition) is 3. The summed E-state index contributed by atoms with van der Waals surface area (Å²) >= 11 is 6.34. The Hall–Kier alpha value is -1.36. The Balaban J connectivity index is 1.62. The van der Waals surface area contributed by atoms with E-state index in [-0.39, 0.29) is 0 Å². The second-order valence-corrected chi connectivity index (χ2v) is 7.77. The maximum Gasteiger partial charge on any atom is 0.112 e. The summed E-state index contributed by atoms with van der Waals surface area (Å²) in [6.07, 6.45) is 5.93. The molecule has 4 nitrogen and oxygen atoms in total. The molecule has 0 bridgehead atoms. The molecule has 0 atom stereocenters. The molecule has 5 heteroatoms. The molecule has 2 saturated heterocycles. The van der Waals surface area contributed by atoms with Crippen LogP contribution >= 0.6 is 11.6 Å². The minimum absolute atomic E-state index is 0.562. The van der Waals surface area contributed by atoms with Gasteiger partial charge in [0.25, 0.3) is 0 Å². The third kappa shape index (κ3) is 3.76. The smallest absolute Gasteiger partial charge is 0.112 e. The quantitative estimate of drug-likeness (QED) is 0.885. The highest BCUT2D eigenvalue weighted by molar-refractivity contribution is 6.31. The summed E-state index contributed by atoms with van der Waals surface area (Å²) in [6.45, 7) is 8.88. The van der Waals surface area contributed by atoms with Crippen molar-refractivity contribution in [2.75, 3.05) is 32.7 Å². The molecule has 1 aromatic carbocycles. The number of hydrogen-bond donors (Lipinski definition) is 1. The fraction of sp³-hybridized carbons (Fsp3) is 0.550. The predicted molar refractivity (Wildman–Crippen MR) is 103 cm³/mol. The monoisotopic (exact) mass is 358 g/mol. The predicted octanol–water partition coefficient (Wildman–Crippen LogP) is 3.68. The van der Waals surface area contributed by atoms with Crippen LogP contribution in [0.15, 0.2) is 24.4 Å². The van der Waals surface area contributed by atoms with Crippen molar-refractivity contribution in [2.24, 2.45) is 0 Å². The van der Waals surface area contributed by atoms with Gasteiger partial charge >= 0.3 is 0 Å². The van der Waals surface area contributed by atoms with Crippen molar-refractivity contribution in [1.82, 2.24) is 19.8 Å². The molecule has 0 spiro atoms. The van der Waals surface area contributed by atoms with Crippen molar-refractivity contribution in [3.05, 3.63) is 40.8 Å². The number of piperidine rings is 1. The van der Waals surface area contributed by atoms with Crippen LogP contribution in [0.4, 0.5) is 0 Å². The second kappa shape index (κ2) is 7.48. The standard InChI is InChI=1S/C20H27ClN4/c1-15-3-4-17(13-18(15)21)19-14-25(12-11-24-9-2-10-24)20(23-19)16-5-7-22-8-6-16/h3-4,13-14,16,22H,2,5-12H2,1H3. The second-order valence-electron chi connectivity index (χ2n) is 7.36. The van der Waals surface area contributed by atoms with Crippen LogP contribution in [0.1, 0.15) is 36.6 Å². The van der Waals surface area contributed by atoms with Gasteiger partial charge in [0, 0.05) is 35.8 Å². The Bertz CT molecular complexity index is 729. The third-order valence-corrected chi connectivity index (χ3v) is 5.99. The Labute approximate surface area is 155 Å². The Morgan fingerprint density at radius 3 is 2.68 bits per heavy atom. The molecule has 2 aliphatic heterocycles. The van der Waals surface area contributed by atoms with Gasteiger partial charge in [-0.15, -0.1) is 0 Å². The van der Waals surface area contributed by atoms with E-state index in [9.17, 15) is 0 Å². The van der Waals surface area contributed by atoms with Gasteiger partial charge in [-0.25, -0.2) is 4.98 Å². The van der Waals surface area contributed by atoms with Crippen molar-refractivity contribution < 1.29 is 0 Å². The van der Waals surface area contributed by atoms with Gasteiger partial charge in [-0.05, 0) is 64.0 Å². The molecule has 134 valence electrons. The van der Waals surface area contributed by atoms with E-state index in [1.807, 2.05) is 13.0 Å². The van der Waals surface area contributed by atoms with Crippen molar-refractivity contribution in [3.8, 4) is 11.3 Å². The lowest BCUT2D eigenvalue weighted by atomic mass is 9.97. The molecule has 3 heterocycles. The summed E-state index contributed by atoms with van der Waals surface area (Å²) in [5, 5.41) is 4.28. The summed E-state index contributed by atoms with van der Waals surface area (Å²) in [7, 11) is 0. The average molecular weight is 359 g/mol. The number of aromatic nitrogens is 2. The molecule has 2 fully saturated rings. The molecule has 2 aliphatic rings. The van der Waals surface area contributed by atoms with Gasteiger partial charge in [0.05, 0.1) is 5.69 Å². The van der Waals surface area contributed by atoms with Gasteiger partial charge in [0.1, 0.15) is 5.82 Å². The molecule has 0 radical (unpaired) electrons. The molecule has 1 N–H and O–H groups in total. The average Bonchev–Trinajstić information content (AvgIpc) is 3.01. The number of imidazole rings is 1. The van der Waals surface area contributed by atoms with E-state index in [0.717, 1.165) is 48.0 Å². The van der Waals surface area contributed by atoms with Crippen molar-refractivity contribution >= 4 is 11.6 Å². The first-order chi connectivity index (χ1) is 12.2. The van der Waals surface area contributed by atoms with Crippen molar-refractivity contribution in [3.63, 3.8) is 0 Å². The lowest BCUT2D eigenvalue weighted by Gasteiger charge is -2.31. The molecule has 4 rings (SSSR count). The Morgan fingerprint density at radius 2 is 2.00 bits per heavy atom. The molecular formula is C20H27ClN4. The van der Waals surface area contributed by atoms with Crippen LogP contribution in [-0.2, 0) is 6.54 Å². The van der Waals surface area contributed by atoms with Crippen LogP contribution in [0.25, 0.3) is 11.3 Å². The van der Waals surface area contributed by atoms with Gasteiger partial charge < -0.3 is 14.8 Å². The summed E-state index contributed by atoms with van der Waals surface area (Å²) in [5.74, 6) is 1.82. The summed E-state index contributed by atoms with van der Waals surface area (Å²) in [4.78, 5) is 7.58. The van der Waals surface area contributed by atoms with Crippen LogP contribution < -0.4 is 5.32 Å². The summed E-state index contributed by atoms with van der Waals surface area (Å²) < 4.78 is 2.40. The lowest BCUT2D eigenvalue weighted by molar-refractivity contribution is 0.173. The molecule has 0 unspecified atom stereocenters. The number of rotatable bonds is 5. The number of aryl methyl sites for hydroxylation is 1. The highest BCUT2D eigenvalue weighted by atomic mass is 35.5. The zero-order valence-electron chi connectivity index (χ0n) is 15.0. The number of nitrogens with one attached hydrogen (secondary N) is 1. The number of likely N-dealkylation sites (tertiary alicyclic amines) is 1. The Morgan fingerprint density at radius 1 is 1.20 bits per heavy atom. The normalized spacial score (nSPS) is 19.1. The van der Waals surface area contributed by atoms with Gasteiger partial charge in [-0.1, -0.05) is 23.7 Å². The van der Waals surface area contributed by atoms with Crippen LogP contribution in [0.2, 0.25) is 5.02 Å². The molecule has 0 amide bonds. The van der Waals surface area contributed by atoms with Gasteiger partial charge in [0.2, 0.25) is 0 Å². The van der Waals surface area contributed by atoms with Crippen LogP contribution in [0.3, 0.4) is 0 Å². The fourth-order valence-corrected chi connectivity index (χ4v) is 3.94. The first kappa shape index (κ1) is 17.1. The van der Waals surface area contributed by atoms with E-state index in [1.54, 1.807) is 0 Å². The van der Waals surface area contributed by atoms with Crippen LogP contribution in [0, 0.1) is 6.92 Å². The zero-order valence-corrected chi connectivity index (χ0v) is 15.7. The van der Waals surface area contributed by atoms with Crippen molar-refractivity contribution in [1.29, 1.82) is 0 Å². The first-order valence-corrected chi connectivity index (χ1v) is 9.85. The number of benzene rings is 1. The number of halogens is 1. The zero-order chi connectivity index (χ0) is 17.2. The molecule has 1 aromatic heterocycles. The first-order valence-electron chi connectivity index (χ1n) is 9.47. The van der Waals surface area contributed by atoms with E-state index >= 15 is 0 Å². The maximum absolute atomic E-state index is 6.34. The topological polar surface area (TPSA) is 33.1 Å². The van der Waals surface area contributed by atoms with E-state index in [1.165, 1.54) is 38.2 Å². The molecule has 25 heavy (non-hydrogen) atoms. The maximum atomic E-state index is 6.34. The molecule has 2 aromatic rings. The number of nitrogens with zero attached hydrogens (tertiary/aromatic N) is 3. The molecule has 0 saturated carbocycles. The minimum Gasteiger partial charge on any atom is -0.333 e. The van der Waals surface area contributed by atoms with Crippen LogP contribution in [-0.4, -0.2) is 47.2 Å². The van der Waals surface area contributed by atoms with Gasteiger partial charge in [-0.3, -0.25) is 0 Å². The molecular weight excluding hydrogens is 332 g/mol. The largest absolute Gasteiger partial charge is 0.333 e. The molecule has 0 aliphatic carbocycles. The van der Waals surface area contributed by atoms with E-state index in [2.05, 4.69) is 33.1 Å². The minimum atomic E-state index is 0.562. The van der Waals surface area contributed by atoms with Crippen molar-refractivity contribution in [2.45, 2.75) is 38.6 Å². The SMILES string of the molecule is Cc1ccc(-c2cn(CCN3CCC3)c(C3CCNCC3)n2)cc1Cl. The fourth-order valence-electron chi connectivity index (χ4n) is 3.76. The third-order valence-electron chi connectivity index (χ3n) is 5.59. The van der Waals surface area contributed by atoms with Gasteiger partial charge in [0.15, 0.2) is 0 Å². The van der Waals surface area contributed by atoms with E-state index in [0.29, 0.717) is 5.92 Å². The van der Waals surface area contributed by atoms with E-state index < -0.39 is 0 Å². The Kier molecular flexibility index (Phi) is 5.11. The highest BCUT2D eigenvalue weighted by Crippen LogP contribution is 2.30. The van der Waals surface area contributed by atoms with Gasteiger partial charge in [-0.2, -0.15) is 0 Å². The highest BCUT2D eigenvalue weighted by Gasteiger charge is 2.22. The van der Waals surface area contributed by atoms with E-state index in [4.69, 9.17) is 16.6 Å². The lowest BCUT2D eigenvalue weighted by Crippen LogP contribution is -2.39. The van der Waals surface area contributed by atoms with Crippen LogP contribution in [0.5, 0.6) is 0 Å².